The summed E-state index contributed by atoms with van der Waals surface area (Å²) in [6.07, 6.45) is 12.1. The number of unbranched alkanes of at least 4 members (excludes halogenated alkanes) is 8. The lowest BCUT2D eigenvalue weighted by atomic mass is 10.0. The Hall–Kier alpha value is -1.54. The Balaban J connectivity index is 1.98. The number of nitriles is 1. The summed E-state index contributed by atoms with van der Waals surface area (Å²) < 4.78 is 0. The first-order valence-corrected chi connectivity index (χ1v) is 7.72. The van der Waals surface area contributed by atoms with E-state index in [-0.39, 0.29) is 0 Å². The number of nitrogens with zero attached hydrogens (tertiary/aromatic N) is 2. The molecular weight excluding hydrogens is 250 g/mol. The van der Waals surface area contributed by atoms with E-state index in [4.69, 9.17) is 16.7 Å². The lowest BCUT2D eigenvalue weighted by molar-refractivity contribution is 0.559. The van der Waals surface area contributed by atoms with Crippen LogP contribution in [0.5, 0.6) is 0 Å². The summed E-state index contributed by atoms with van der Waals surface area (Å²) in [5.74, 6) is 0.319. The molecular formula is C15H27N5. The van der Waals surface area contributed by atoms with E-state index in [2.05, 4.69) is 16.3 Å². The maximum atomic E-state index is 8.95. The zero-order chi connectivity index (χ0) is 14.6. The third kappa shape index (κ3) is 6.07. The van der Waals surface area contributed by atoms with Crippen LogP contribution in [-0.2, 0) is 6.42 Å². The smallest absolute Gasteiger partial charge is 0.163 e. The van der Waals surface area contributed by atoms with Gasteiger partial charge in [-0.25, -0.2) is 0 Å². The fourth-order valence-electron chi connectivity index (χ4n) is 2.38. The van der Waals surface area contributed by atoms with Gasteiger partial charge >= 0.3 is 0 Å². The zero-order valence-electron chi connectivity index (χ0n) is 12.3. The van der Waals surface area contributed by atoms with Crippen LogP contribution in [0.3, 0.4) is 0 Å². The monoisotopic (exact) mass is 277 g/mol. The van der Waals surface area contributed by atoms with Gasteiger partial charge in [0.05, 0.1) is 5.69 Å². The molecule has 0 aliphatic carbocycles. The molecule has 112 valence electrons. The quantitative estimate of drug-likeness (QED) is 0.541. The highest BCUT2D eigenvalue weighted by Gasteiger charge is 2.08. The Morgan fingerprint density at radius 2 is 1.50 bits per heavy atom. The molecule has 5 heteroatoms. The Morgan fingerprint density at radius 1 is 0.950 bits per heavy atom. The number of nitrogen functional groups attached to an aromatic ring is 1. The Bertz CT molecular complexity index is 405. The molecule has 0 bridgehead atoms. The summed E-state index contributed by atoms with van der Waals surface area (Å²) >= 11 is 0. The van der Waals surface area contributed by atoms with Crippen molar-refractivity contribution in [2.24, 2.45) is 5.73 Å². The summed E-state index contributed by atoms with van der Waals surface area (Å²) in [7, 11) is 0. The van der Waals surface area contributed by atoms with Crippen molar-refractivity contribution in [3.63, 3.8) is 0 Å². The lowest BCUT2D eigenvalue weighted by Gasteiger charge is -2.02. The molecule has 0 radical (unpaired) electrons. The van der Waals surface area contributed by atoms with Gasteiger partial charge in [-0.3, -0.25) is 5.10 Å². The van der Waals surface area contributed by atoms with Crippen molar-refractivity contribution in [2.75, 3.05) is 12.3 Å². The van der Waals surface area contributed by atoms with E-state index in [0.29, 0.717) is 11.4 Å². The molecule has 1 aromatic rings. The topological polar surface area (TPSA) is 105 Å². The third-order valence-corrected chi connectivity index (χ3v) is 3.61. The second-order valence-corrected chi connectivity index (χ2v) is 5.29. The van der Waals surface area contributed by atoms with Gasteiger partial charge in [0.25, 0.3) is 0 Å². The molecule has 1 heterocycles. The van der Waals surface area contributed by atoms with E-state index in [0.717, 1.165) is 31.5 Å². The minimum atomic E-state index is 0.319. The molecule has 0 unspecified atom stereocenters. The van der Waals surface area contributed by atoms with E-state index in [1.165, 1.54) is 44.9 Å². The maximum absolute atomic E-state index is 8.95. The number of anilines is 1. The number of hydrogen-bond acceptors (Lipinski definition) is 4. The highest BCUT2D eigenvalue weighted by atomic mass is 15.2. The molecule has 0 saturated carbocycles. The fraction of sp³-hybridized carbons (Fsp3) is 0.733. The van der Waals surface area contributed by atoms with Crippen LogP contribution < -0.4 is 11.5 Å². The number of H-pyrrole nitrogens is 1. The van der Waals surface area contributed by atoms with Crippen LogP contribution in [0.1, 0.15) is 69.0 Å². The Labute approximate surface area is 121 Å². The van der Waals surface area contributed by atoms with Crippen molar-refractivity contribution < 1.29 is 0 Å². The summed E-state index contributed by atoms with van der Waals surface area (Å²) in [5, 5.41) is 15.7. The van der Waals surface area contributed by atoms with E-state index in [1.54, 1.807) is 0 Å². The first kappa shape index (κ1) is 16.5. The standard InChI is InChI=1S/C15H27N5/c16-11-9-7-5-3-1-2-4-6-8-10-14-13(12-17)15(18)20-19-14/h1-11,16H2,(H3,18,19,20). The van der Waals surface area contributed by atoms with Crippen LogP contribution in [0.25, 0.3) is 0 Å². The molecule has 1 aromatic heterocycles. The second kappa shape index (κ2) is 10.3. The third-order valence-electron chi connectivity index (χ3n) is 3.61. The van der Waals surface area contributed by atoms with Crippen LogP contribution in [0, 0.1) is 11.3 Å². The summed E-state index contributed by atoms with van der Waals surface area (Å²) in [6, 6.07) is 2.10. The Morgan fingerprint density at radius 3 is 2.05 bits per heavy atom. The van der Waals surface area contributed by atoms with Crippen LogP contribution in [0.15, 0.2) is 0 Å². The molecule has 20 heavy (non-hydrogen) atoms. The van der Waals surface area contributed by atoms with Crippen LogP contribution >= 0.6 is 0 Å². The number of nitrogens with one attached hydrogen (secondary N) is 1. The number of rotatable bonds is 11. The van der Waals surface area contributed by atoms with Crippen molar-refractivity contribution in [1.82, 2.24) is 10.2 Å². The first-order chi connectivity index (χ1) is 9.79. The molecule has 0 atom stereocenters. The van der Waals surface area contributed by atoms with Gasteiger partial charge in [-0.15, -0.1) is 0 Å². The molecule has 0 aromatic carbocycles. The Kier molecular flexibility index (Phi) is 8.48. The second-order valence-electron chi connectivity index (χ2n) is 5.29. The van der Waals surface area contributed by atoms with Gasteiger partial charge < -0.3 is 11.5 Å². The predicted molar refractivity (Wildman–Crippen MR) is 82.0 cm³/mol. The molecule has 0 aliphatic rings. The number of aromatic nitrogens is 2. The molecule has 0 aliphatic heterocycles. The highest BCUT2D eigenvalue weighted by molar-refractivity contribution is 5.50. The lowest BCUT2D eigenvalue weighted by Crippen LogP contribution is -1.97. The van der Waals surface area contributed by atoms with Gasteiger partial charge in [0.15, 0.2) is 5.82 Å². The van der Waals surface area contributed by atoms with Gasteiger partial charge in [0, 0.05) is 0 Å². The van der Waals surface area contributed by atoms with Gasteiger partial charge in [-0.1, -0.05) is 44.9 Å². The summed E-state index contributed by atoms with van der Waals surface area (Å²) in [4.78, 5) is 0. The van der Waals surface area contributed by atoms with E-state index >= 15 is 0 Å². The minimum Gasteiger partial charge on any atom is -0.381 e. The predicted octanol–water partition coefficient (Wildman–Crippen LogP) is 2.88. The molecule has 5 nitrogen and oxygen atoms in total. The number of nitrogens with two attached hydrogens (primary N) is 2. The molecule has 0 spiro atoms. The largest absolute Gasteiger partial charge is 0.381 e. The number of aryl methyl sites for hydroxylation is 1. The van der Waals surface area contributed by atoms with Gasteiger partial charge in [0.1, 0.15) is 11.6 Å². The molecule has 0 saturated heterocycles. The number of hydrogen-bond donors (Lipinski definition) is 3. The maximum Gasteiger partial charge on any atom is 0.163 e. The SMILES string of the molecule is N#Cc1c(N)n[nH]c1CCCCCCCCCCCN. The van der Waals surface area contributed by atoms with Crippen LogP contribution in [-0.4, -0.2) is 16.7 Å². The van der Waals surface area contributed by atoms with Crippen LogP contribution in [0.2, 0.25) is 0 Å². The minimum absolute atomic E-state index is 0.319. The van der Waals surface area contributed by atoms with Gasteiger partial charge in [-0.2, -0.15) is 10.4 Å². The van der Waals surface area contributed by atoms with Crippen molar-refractivity contribution >= 4 is 5.82 Å². The van der Waals surface area contributed by atoms with E-state index < -0.39 is 0 Å². The van der Waals surface area contributed by atoms with Crippen molar-refractivity contribution in [2.45, 2.75) is 64.2 Å². The van der Waals surface area contributed by atoms with Gasteiger partial charge in [0.2, 0.25) is 0 Å². The van der Waals surface area contributed by atoms with Crippen molar-refractivity contribution in [3.05, 3.63) is 11.3 Å². The normalized spacial score (nSPS) is 10.6. The van der Waals surface area contributed by atoms with E-state index in [9.17, 15) is 0 Å². The zero-order valence-corrected chi connectivity index (χ0v) is 12.3. The number of aromatic amines is 1. The highest BCUT2D eigenvalue weighted by Crippen LogP contribution is 2.15. The van der Waals surface area contributed by atoms with Crippen molar-refractivity contribution in [3.8, 4) is 6.07 Å². The molecule has 5 N–H and O–H groups in total. The van der Waals surface area contributed by atoms with E-state index in [1.807, 2.05) is 0 Å². The average molecular weight is 277 g/mol. The van der Waals surface area contributed by atoms with Crippen LogP contribution in [0.4, 0.5) is 5.82 Å². The van der Waals surface area contributed by atoms with Crippen molar-refractivity contribution in [1.29, 1.82) is 5.26 Å². The summed E-state index contributed by atoms with van der Waals surface area (Å²) in [6.45, 7) is 0.822. The first-order valence-electron chi connectivity index (χ1n) is 7.72. The summed E-state index contributed by atoms with van der Waals surface area (Å²) in [5.41, 5.74) is 12.5. The van der Waals surface area contributed by atoms with Gasteiger partial charge in [-0.05, 0) is 25.8 Å². The average Bonchev–Trinajstić information content (AvgIpc) is 2.81. The molecule has 0 fully saturated rings. The molecule has 0 amide bonds. The fourth-order valence-corrected chi connectivity index (χ4v) is 2.38. The molecule has 1 rings (SSSR count).